The van der Waals surface area contributed by atoms with E-state index < -0.39 is 5.97 Å². The Morgan fingerprint density at radius 3 is 2.65 bits per heavy atom. The van der Waals surface area contributed by atoms with Gasteiger partial charge in [-0.3, -0.25) is 4.90 Å². The molecular weight excluding hydrogens is 314 g/mol. The predicted molar refractivity (Wildman–Crippen MR) is 89.8 cm³/mol. The Hall–Kier alpha value is -1.10. The molecule has 1 aliphatic carbocycles. The number of rotatable bonds is 4. The average Bonchev–Trinajstić information content (AvgIpc) is 3.03. The lowest BCUT2D eigenvalue weighted by molar-refractivity contribution is -0.00272. The number of nitrogens with zero attached hydrogens (tertiary/aromatic N) is 1. The van der Waals surface area contributed by atoms with Crippen molar-refractivity contribution in [1.29, 1.82) is 0 Å². The monoisotopic (exact) mass is 337 g/mol. The first-order valence-corrected chi connectivity index (χ1v) is 8.84. The van der Waals surface area contributed by atoms with Gasteiger partial charge in [-0.2, -0.15) is 0 Å². The third-order valence-electron chi connectivity index (χ3n) is 5.38. The molecule has 0 radical (unpaired) electrons. The molecule has 2 aliphatic rings. The molecule has 1 saturated heterocycles. The first-order chi connectivity index (χ1) is 11.0. The van der Waals surface area contributed by atoms with Gasteiger partial charge in [-0.15, -0.1) is 0 Å². The molecule has 0 aromatic heterocycles. The topological polar surface area (TPSA) is 60.8 Å². The van der Waals surface area contributed by atoms with Crippen molar-refractivity contribution in [3.8, 4) is 0 Å². The number of aromatic carboxylic acids is 1. The van der Waals surface area contributed by atoms with Gasteiger partial charge in [0.15, 0.2) is 0 Å². The molecule has 0 unspecified atom stereocenters. The molecule has 2 N–H and O–H groups in total. The van der Waals surface area contributed by atoms with E-state index in [0.29, 0.717) is 16.9 Å². The van der Waals surface area contributed by atoms with Crippen LogP contribution in [0.15, 0.2) is 18.2 Å². The smallest absolute Gasteiger partial charge is 0.337 e. The summed E-state index contributed by atoms with van der Waals surface area (Å²) < 4.78 is 0. The van der Waals surface area contributed by atoms with E-state index in [2.05, 4.69) is 4.90 Å². The van der Waals surface area contributed by atoms with E-state index in [1.54, 1.807) is 12.1 Å². The zero-order valence-electron chi connectivity index (χ0n) is 13.2. The van der Waals surface area contributed by atoms with Crippen molar-refractivity contribution >= 4 is 17.6 Å². The summed E-state index contributed by atoms with van der Waals surface area (Å²) >= 11 is 6.06. The van der Waals surface area contributed by atoms with Gasteiger partial charge in [-0.25, -0.2) is 4.79 Å². The molecule has 126 valence electrons. The zero-order valence-corrected chi connectivity index (χ0v) is 14.0. The van der Waals surface area contributed by atoms with Crippen molar-refractivity contribution in [2.45, 2.75) is 44.8 Å². The SMILES string of the molecule is O=C(O)c1ccc(CN2CC[C@@H](O)[C@H](C3CCCC3)C2)cc1Cl. The van der Waals surface area contributed by atoms with Gasteiger partial charge in [0.25, 0.3) is 0 Å². The van der Waals surface area contributed by atoms with E-state index >= 15 is 0 Å². The maximum atomic E-state index is 11.0. The van der Waals surface area contributed by atoms with Crippen LogP contribution in [0.3, 0.4) is 0 Å². The summed E-state index contributed by atoms with van der Waals surface area (Å²) in [4.78, 5) is 13.4. The lowest BCUT2D eigenvalue weighted by Crippen LogP contribution is -2.45. The molecule has 1 aliphatic heterocycles. The molecule has 1 saturated carbocycles. The summed E-state index contributed by atoms with van der Waals surface area (Å²) in [5.41, 5.74) is 1.18. The third-order valence-corrected chi connectivity index (χ3v) is 5.69. The minimum Gasteiger partial charge on any atom is -0.478 e. The van der Waals surface area contributed by atoms with Gasteiger partial charge in [-0.1, -0.05) is 43.4 Å². The van der Waals surface area contributed by atoms with Crippen molar-refractivity contribution < 1.29 is 15.0 Å². The number of hydrogen-bond acceptors (Lipinski definition) is 3. The summed E-state index contributed by atoms with van der Waals surface area (Å²) in [5.74, 6) is 0.0368. The van der Waals surface area contributed by atoms with Crippen LogP contribution in [0.25, 0.3) is 0 Å². The summed E-state index contributed by atoms with van der Waals surface area (Å²) in [5, 5.41) is 19.7. The lowest BCUT2D eigenvalue weighted by atomic mass is 9.82. The number of benzene rings is 1. The Balaban J connectivity index is 1.65. The summed E-state index contributed by atoms with van der Waals surface area (Å²) in [6.07, 6.45) is 5.72. The number of halogens is 1. The molecule has 1 aromatic rings. The van der Waals surface area contributed by atoms with Crippen LogP contribution in [-0.4, -0.2) is 40.3 Å². The minimum atomic E-state index is -0.996. The van der Waals surface area contributed by atoms with Crippen molar-refractivity contribution in [3.63, 3.8) is 0 Å². The normalized spacial score (nSPS) is 26.5. The maximum absolute atomic E-state index is 11.0. The van der Waals surface area contributed by atoms with Crippen molar-refractivity contribution in [3.05, 3.63) is 34.3 Å². The molecule has 23 heavy (non-hydrogen) atoms. The third kappa shape index (κ3) is 3.87. The van der Waals surface area contributed by atoms with Crippen LogP contribution in [0.4, 0.5) is 0 Å². The van der Waals surface area contributed by atoms with E-state index in [1.165, 1.54) is 25.7 Å². The van der Waals surface area contributed by atoms with Gasteiger partial charge in [0.1, 0.15) is 0 Å². The number of piperidine rings is 1. The first-order valence-electron chi connectivity index (χ1n) is 8.46. The highest BCUT2D eigenvalue weighted by molar-refractivity contribution is 6.33. The largest absolute Gasteiger partial charge is 0.478 e. The quantitative estimate of drug-likeness (QED) is 0.884. The van der Waals surface area contributed by atoms with Crippen LogP contribution in [0, 0.1) is 11.8 Å². The second kappa shape index (κ2) is 7.20. The Kier molecular flexibility index (Phi) is 5.24. The summed E-state index contributed by atoms with van der Waals surface area (Å²) in [6.45, 7) is 2.56. The molecule has 2 atom stereocenters. The molecule has 2 fully saturated rings. The molecule has 1 heterocycles. The van der Waals surface area contributed by atoms with E-state index in [9.17, 15) is 9.90 Å². The van der Waals surface area contributed by atoms with Crippen molar-refractivity contribution in [1.82, 2.24) is 4.90 Å². The van der Waals surface area contributed by atoms with Crippen LogP contribution >= 0.6 is 11.6 Å². The van der Waals surface area contributed by atoms with Crippen LogP contribution in [0.1, 0.15) is 48.0 Å². The molecule has 4 nitrogen and oxygen atoms in total. The van der Waals surface area contributed by atoms with Gasteiger partial charge < -0.3 is 10.2 Å². The Labute approximate surface area is 142 Å². The Morgan fingerprint density at radius 1 is 1.26 bits per heavy atom. The number of aliphatic hydroxyl groups is 1. The van der Waals surface area contributed by atoms with Gasteiger partial charge in [-0.05, 0) is 30.0 Å². The van der Waals surface area contributed by atoms with Crippen molar-refractivity contribution in [2.75, 3.05) is 13.1 Å². The Morgan fingerprint density at radius 2 is 2.00 bits per heavy atom. The fourth-order valence-corrected chi connectivity index (χ4v) is 4.40. The number of hydrogen-bond donors (Lipinski definition) is 2. The molecule has 0 amide bonds. The zero-order chi connectivity index (χ0) is 16.4. The molecule has 3 rings (SSSR count). The standard InChI is InChI=1S/C18H24ClNO3/c19-16-9-12(5-6-14(16)18(22)23)10-20-8-7-17(21)15(11-20)13-3-1-2-4-13/h5-6,9,13,15,17,21H,1-4,7-8,10-11H2,(H,22,23)/t15-,17+/m0/s1. The highest BCUT2D eigenvalue weighted by Crippen LogP contribution is 2.36. The highest BCUT2D eigenvalue weighted by Gasteiger charge is 2.35. The Bertz CT molecular complexity index is 571. The second-order valence-corrected chi connectivity index (χ2v) is 7.33. The van der Waals surface area contributed by atoms with Crippen molar-refractivity contribution in [2.24, 2.45) is 11.8 Å². The number of likely N-dealkylation sites (tertiary alicyclic amines) is 1. The second-order valence-electron chi connectivity index (χ2n) is 6.92. The van der Waals surface area contributed by atoms with Crippen LogP contribution in [0.2, 0.25) is 5.02 Å². The molecule has 5 heteroatoms. The lowest BCUT2D eigenvalue weighted by Gasteiger charge is -2.39. The maximum Gasteiger partial charge on any atom is 0.337 e. The molecular formula is C18H24ClNO3. The summed E-state index contributed by atoms with van der Waals surface area (Å²) in [6, 6.07) is 5.17. The van der Waals surface area contributed by atoms with Gasteiger partial charge in [0, 0.05) is 25.6 Å². The predicted octanol–water partition coefficient (Wildman–Crippen LogP) is 3.41. The van der Waals surface area contributed by atoms with E-state index in [0.717, 1.165) is 31.6 Å². The number of aliphatic hydroxyl groups excluding tert-OH is 1. The first kappa shape index (κ1) is 16.7. The molecule has 1 aromatic carbocycles. The number of carbonyl (C=O) groups is 1. The fraction of sp³-hybridized carbons (Fsp3) is 0.611. The van der Waals surface area contributed by atoms with Gasteiger partial charge >= 0.3 is 5.97 Å². The van der Waals surface area contributed by atoms with E-state index in [1.807, 2.05) is 6.07 Å². The van der Waals surface area contributed by atoms with Gasteiger partial charge in [0.05, 0.1) is 16.7 Å². The summed E-state index contributed by atoms with van der Waals surface area (Å²) in [7, 11) is 0. The average molecular weight is 338 g/mol. The van der Waals surface area contributed by atoms with Crippen LogP contribution < -0.4 is 0 Å². The fourth-order valence-electron chi connectivity index (χ4n) is 4.12. The number of carboxylic acid groups (broad SMARTS) is 1. The molecule has 0 spiro atoms. The molecule has 0 bridgehead atoms. The van der Waals surface area contributed by atoms with Crippen LogP contribution in [0.5, 0.6) is 0 Å². The number of carboxylic acids is 1. The highest BCUT2D eigenvalue weighted by atomic mass is 35.5. The minimum absolute atomic E-state index is 0.147. The van der Waals surface area contributed by atoms with E-state index in [-0.39, 0.29) is 11.7 Å². The van der Waals surface area contributed by atoms with Gasteiger partial charge in [0.2, 0.25) is 0 Å². The van der Waals surface area contributed by atoms with Crippen LogP contribution in [-0.2, 0) is 6.54 Å². The van der Waals surface area contributed by atoms with E-state index in [4.69, 9.17) is 16.7 Å².